The van der Waals surface area contributed by atoms with Gasteiger partial charge in [0.05, 0.1) is 6.33 Å². The lowest BCUT2D eigenvalue weighted by Crippen LogP contribution is -2.40. The zero-order chi connectivity index (χ0) is 16.5. The van der Waals surface area contributed by atoms with Crippen LogP contribution < -0.4 is 10.6 Å². The number of rotatable bonds is 8. The van der Waals surface area contributed by atoms with E-state index in [2.05, 4.69) is 15.6 Å². The van der Waals surface area contributed by atoms with Crippen molar-refractivity contribution >= 4 is 11.8 Å². The first-order valence-corrected chi connectivity index (χ1v) is 7.78. The van der Waals surface area contributed by atoms with Crippen LogP contribution in [0.5, 0.6) is 0 Å². The molecule has 0 aliphatic rings. The number of carbonyl (C=O) groups excluding carboxylic acids is 2. The molecule has 6 heteroatoms. The first-order valence-electron chi connectivity index (χ1n) is 7.78. The van der Waals surface area contributed by atoms with Crippen molar-refractivity contribution in [3.8, 4) is 0 Å². The Bertz CT molecular complexity index is 611. The summed E-state index contributed by atoms with van der Waals surface area (Å²) in [5.74, 6) is -0.337. The lowest BCUT2D eigenvalue weighted by atomic mass is 10.1. The number of aromatic nitrogens is 2. The van der Waals surface area contributed by atoms with Crippen LogP contribution in [0.4, 0.5) is 0 Å². The smallest absolute Gasteiger partial charge is 0.247 e. The van der Waals surface area contributed by atoms with E-state index in [4.69, 9.17) is 0 Å². The Kier molecular flexibility index (Phi) is 6.35. The normalized spacial score (nSPS) is 11.7. The first kappa shape index (κ1) is 16.7. The van der Waals surface area contributed by atoms with Crippen molar-refractivity contribution in [2.24, 2.45) is 0 Å². The van der Waals surface area contributed by atoms with Crippen LogP contribution in [0.25, 0.3) is 0 Å². The molecule has 0 radical (unpaired) electrons. The van der Waals surface area contributed by atoms with Gasteiger partial charge in [0.25, 0.3) is 0 Å². The highest BCUT2D eigenvalue weighted by molar-refractivity contribution is 5.88. The lowest BCUT2D eigenvalue weighted by molar-refractivity contribution is -0.129. The molecule has 0 spiro atoms. The number of carbonyl (C=O) groups is 2. The second kappa shape index (κ2) is 8.73. The monoisotopic (exact) mass is 314 g/mol. The van der Waals surface area contributed by atoms with Gasteiger partial charge in [-0.05, 0) is 12.0 Å². The van der Waals surface area contributed by atoms with Gasteiger partial charge in [0.2, 0.25) is 11.8 Å². The van der Waals surface area contributed by atoms with Crippen LogP contribution in [0.2, 0.25) is 0 Å². The van der Waals surface area contributed by atoms with Gasteiger partial charge in [-0.2, -0.15) is 0 Å². The van der Waals surface area contributed by atoms with Crippen LogP contribution in [0.3, 0.4) is 0 Å². The number of amides is 2. The molecule has 2 N–H and O–H groups in total. The Morgan fingerprint density at radius 1 is 1.26 bits per heavy atom. The number of nitrogens with zero attached hydrogens (tertiary/aromatic N) is 2. The molecule has 1 atom stereocenters. The summed E-state index contributed by atoms with van der Waals surface area (Å²) in [5.41, 5.74) is 0.779. The molecule has 0 aliphatic heterocycles. The van der Waals surface area contributed by atoms with E-state index < -0.39 is 6.04 Å². The van der Waals surface area contributed by atoms with Gasteiger partial charge in [-0.15, -0.1) is 0 Å². The second-order valence-corrected chi connectivity index (χ2v) is 5.21. The molecule has 1 aromatic heterocycles. The topological polar surface area (TPSA) is 76.0 Å². The van der Waals surface area contributed by atoms with Crippen molar-refractivity contribution < 1.29 is 9.59 Å². The fourth-order valence-corrected chi connectivity index (χ4v) is 2.20. The third-order valence-electron chi connectivity index (χ3n) is 3.47. The molecule has 0 unspecified atom stereocenters. The SMILES string of the molecule is CCC(=O)N[C@H](C(=O)NCCCn1ccnc1)c1ccccc1. The molecule has 2 amide bonds. The summed E-state index contributed by atoms with van der Waals surface area (Å²) in [6.45, 7) is 3.10. The Morgan fingerprint density at radius 3 is 2.70 bits per heavy atom. The molecule has 1 heterocycles. The predicted octanol–water partition coefficient (Wildman–Crippen LogP) is 1.66. The molecular formula is C17H22N4O2. The number of aryl methyl sites for hydroxylation is 1. The summed E-state index contributed by atoms with van der Waals surface area (Å²) in [6, 6.07) is 8.61. The molecule has 122 valence electrons. The number of imidazole rings is 1. The molecular weight excluding hydrogens is 292 g/mol. The van der Waals surface area contributed by atoms with E-state index in [0.717, 1.165) is 18.5 Å². The Balaban J connectivity index is 1.89. The fraction of sp³-hybridized carbons (Fsp3) is 0.353. The van der Waals surface area contributed by atoms with Crippen molar-refractivity contribution in [2.75, 3.05) is 6.54 Å². The fourth-order valence-electron chi connectivity index (χ4n) is 2.20. The first-order chi connectivity index (χ1) is 11.2. The van der Waals surface area contributed by atoms with E-state index in [-0.39, 0.29) is 11.8 Å². The minimum Gasteiger partial charge on any atom is -0.354 e. The van der Waals surface area contributed by atoms with Crippen LogP contribution >= 0.6 is 0 Å². The van der Waals surface area contributed by atoms with E-state index in [1.807, 2.05) is 41.1 Å². The maximum atomic E-state index is 12.4. The molecule has 0 aliphatic carbocycles. The molecule has 0 bridgehead atoms. The third-order valence-corrected chi connectivity index (χ3v) is 3.47. The van der Waals surface area contributed by atoms with Crippen molar-refractivity contribution in [2.45, 2.75) is 32.4 Å². The van der Waals surface area contributed by atoms with E-state index in [0.29, 0.717) is 13.0 Å². The molecule has 0 saturated carbocycles. The third kappa shape index (κ3) is 5.25. The number of hydrogen-bond donors (Lipinski definition) is 2. The average molecular weight is 314 g/mol. The van der Waals surface area contributed by atoms with Crippen molar-refractivity contribution in [3.63, 3.8) is 0 Å². The van der Waals surface area contributed by atoms with E-state index in [9.17, 15) is 9.59 Å². The van der Waals surface area contributed by atoms with Crippen LogP contribution in [0.15, 0.2) is 49.1 Å². The summed E-state index contributed by atoms with van der Waals surface area (Å²) in [5, 5.41) is 5.66. The van der Waals surface area contributed by atoms with Crippen LogP contribution in [0, 0.1) is 0 Å². The highest BCUT2D eigenvalue weighted by Crippen LogP contribution is 2.13. The van der Waals surface area contributed by atoms with Gasteiger partial charge in [-0.3, -0.25) is 9.59 Å². The maximum Gasteiger partial charge on any atom is 0.247 e. The molecule has 2 aromatic rings. The van der Waals surface area contributed by atoms with Gasteiger partial charge in [-0.1, -0.05) is 37.3 Å². The molecule has 6 nitrogen and oxygen atoms in total. The van der Waals surface area contributed by atoms with Crippen LogP contribution in [-0.2, 0) is 16.1 Å². The van der Waals surface area contributed by atoms with E-state index >= 15 is 0 Å². The second-order valence-electron chi connectivity index (χ2n) is 5.21. The predicted molar refractivity (Wildman–Crippen MR) is 87.5 cm³/mol. The summed E-state index contributed by atoms with van der Waals surface area (Å²) >= 11 is 0. The van der Waals surface area contributed by atoms with Crippen LogP contribution in [-0.4, -0.2) is 27.9 Å². The molecule has 0 saturated heterocycles. The quantitative estimate of drug-likeness (QED) is 0.728. The van der Waals surface area contributed by atoms with Gasteiger partial charge < -0.3 is 15.2 Å². The Hall–Kier alpha value is -2.63. The number of nitrogens with one attached hydrogen (secondary N) is 2. The number of hydrogen-bond acceptors (Lipinski definition) is 3. The summed E-state index contributed by atoms with van der Waals surface area (Å²) in [4.78, 5) is 28.1. The zero-order valence-electron chi connectivity index (χ0n) is 13.2. The van der Waals surface area contributed by atoms with Gasteiger partial charge in [0.1, 0.15) is 6.04 Å². The van der Waals surface area contributed by atoms with Crippen molar-refractivity contribution in [1.29, 1.82) is 0 Å². The van der Waals surface area contributed by atoms with Gasteiger partial charge in [-0.25, -0.2) is 4.98 Å². The molecule has 1 aromatic carbocycles. The Morgan fingerprint density at radius 2 is 2.04 bits per heavy atom. The molecule has 0 fully saturated rings. The average Bonchev–Trinajstić information content (AvgIpc) is 3.10. The molecule has 2 rings (SSSR count). The summed E-state index contributed by atoms with van der Waals surface area (Å²) in [6.07, 6.45) is 6.50. The Labute approximate surface area is 135 Å². The summed E-state index contributed by atoms with van der Waals surface area (Å²) < 4.78 is 1.96. The van der Waals surface area contributed by atoms with Gasteiger partial charge >= 0.3 is 0 Å². The largest absolute Gasteiger partial charge is 0.354 e. The van der Waals surface area contributed by atoms with Crippen molar-refractivity contribution in [1.82, 2.24) is 20.2 Å². The zero-order valence-corrected chi connectivity index (χ0v) is 13.2. The highest BCUT2D eigenvalue weighted by atomic mass is 16.2. The van der Waals surface area contributed by atoms with Gasteiger partial charge in [0.15, 0.2) is 0 Å². The lowest BCUT2D eigenvalue weighted by Gasteiger charge is -2.18. The van der Waals surface area contributed by atoms with E-state index in [1.165, 1.54) is 0 Å². The molecule has 23 heavy (non-hydrogen) atoms. The standard InChI is InChI=1S/C17H22N4O2/c1-2-15(22)20-16(14-7-4-3-5-8-14)17(23)19-9-6-11-21-12-10-18-13-21/h3-5,7-8,10,12-13,16H,2,6,9,11H2,1H3,(H,19,23)(H,20,22)/t16-/m0/s1. The van der Waals surface area contributed by atoms with Crippen molar-refractivity contribution in [3.05, 3.63) is 54.6 Å². The highest BCUT2D eigenvalue weighted by Gasteiger charge is 2.21. The minimum absolute atomic E-state index is 0.146. The summed E-state index contributed by atoms with van der Waals surface area (Å²) in [7, 11) is 0. The van der Waals surface area contributed by atoms with Gasteiger partial charge in [0, 0.05) is 31.9 Å². The van der Waals surface area contributed by atoms with Crippen LogP contribution in [0.1, 0.15) is 31.4 Å². The van der Waals surface area contributed by atoms with E-state index in [1.54, 1.807) is 19.4 Å². The maximum absolute atomic E-state index is 12.4. The minimum atomic E-state index is -0.656. The number of benzene rings is 1.